The number of anilines is 1. The van der Waals surface area contributed by atoms with Crippen molar-refractivity contribution >= 4 is 11.7 Å². The van der Waals surface area contributed by atoms with Crippen LogP contribution in [0.2, 0.25) is 0 Å². The second kappa shape index (κ2) is 4.18. The van der Waals surface area contributed by atoms with Gasteiger partial charge in [0.15, 0.2) is 0 Å². The standard InChI is InChI=1S/C10H13N5O/c1-6-8(7(2)14-13-6)5-10(16)12-9-3-4-11-15-9/h3-4H,5H2,1-2H3,(H,13,14)(H2,11,12,15,16). The van der Waals surface area contributed by atoms with Crippen molar-refractivity contribution in [3.63, 3.8) is 0 Å². The molecule has 2 rings (SSSR count). The van der Waals surface area contributed by atoms with Crippen LogP contribution < -0.4 is 5.32 Å². The summed E-state index contributed by atoms with van der Waals surface area (Å²) in [6, 6.07) is 1.70. The maximum absolute atomic E-state index is 11.7. The zero-order chi connectivity index (χ0) is 11.5. The molecule has 0 fully saturated rings. The highest BCUT2D eigenvalue weighted by Crippen LogP contribution is 2.11. The van der Waals surface area contributed by atoms with Crippen LogP contribution in [0.1, 0.15) is 17.0 Å². The molecule has 0 aliphatic carbocycles. The summed E-state index contributed by atoms with van der Waals surface area (Å²) in [4.78, 5) is 11.7. The molecular weight excluding hydrogens is 206 g/mol. The number of carbonyl (C=O) groups excluding carboxylic acids is 1. The largest absolute Gasteiger partial charge is 0.311 e. The van der Waals surface area contributed by atoms with E-state index in [-0.39, 0.29) is 5.91 Å². The third kappa shape index (κ3) is 2.10. The van der Waals surface area contributed by atoms with Crippen LogP contribution in [0.4, 0.5) is 5.82 Å². The Bertz CT molecular complexity index is 466. The minimum Gasteiger partial charge on any atom is -0.311 e. The Morgan fingerprint density at radius 1 is 1.44 bits per heavy atom. The fraction of sp³-hybridized carbons (Fsp3) is 0.300. The summed E-state index contributed by atoms with van der Waals surface area (Å²) in [5, 5.41) is 16.0. The molecule has 0 spiro atoms. The lowest BCUT2D eigenvalue weighted by Crippen LogP contribution is -2.15. The average Bonchev–Trinajstić information content (AvgIpc) is 2.83. The molecule has 0 unspecified atom stereocenters. The number of aryl methyl sites for hydroxylation is 2. The Balaban J connectivity index is 2.03. The summed E-state index contributed by atoms with van der Waals surface area (Å²) in [5.74, 6) is 0.514. The molecule has 2 heterocycles. The van der Waals surface area contributed by atoms with E-state index < -0.39 is 0 Å². The van der Waals surface area contributed by atoms with E-state index in [2.05, 4.69) is 25.7 Å². The van der Waals surface area contributed by atoms with Crippen molar-refractivity contribution in [1.29, 1.82) is 0 Å². The summed E-state index contributed by atoms with van der Waals surface area (Å²) in [6.07, 6.45) is 1.90. The first-order chi connectivity index (χ1) is 7.66. The fourth-order valence-corrected chi connectivity index (χ4v) is 1.51. The summed E-state index contributed by atoms with van der Waals surface area (Å²) >= 11 is 0. The molecule has 2 aromatic heterocycles. The molecule has 0 atom stereocenters. The van der Waals surface area contributed by atoms with Crippen molar-refractivity contribution in [3.05, 3.63) is 29.2 Å². The molecule has 84 valence electrons. The maximum atomic E-state index is 11.7. The number of hydrogen-bond donors (Lipinski definition) is 3. The van der Waals surface area contributed by atoms with Crippen LogP contribution in [-0.4, -0.2) is 26.3 Å². The molecule has 16 heavy (non-hydrogen) atoms. The number of aromatic nitrogens is 4. The fourth-order valence-electron chi connectivity index (χ4n) is 1.51. The molecule has 2 aromatic rings. The summed E-state index contributed by atoms with van der Waals surface area (Å²) in [7, 11) is 0. The highest BCUT2D eigenvalue weighted by molar-refractivity contribution is 5.91. The second-order valence-corrected chi connectivity index (χ2v) is 3.61. The van der Waals surface area contributed by atoms with E-state index in [1.165, 1.54) is 0 Å². The van der Waals surface area contributed by atoms with Gasteiger partial charge in [-0.05, 0) is 13.8 Å². The smallest absolute Gasteiger partial charge is 0.230 e. The lowest BCUT2D eigenvalue weighted by atomic mass is 10.1. The van der Waals surface area contributed by atoms with Crippen LogP contribution in [0.25, 0.3) is 0 Å². The van der Waals surface area contributed by atoms with Crippen molar-refractivity contribution in [3.8, 4) is 0 Å². The molecule has 0 aromatic carbocycles. The van der Waals surface area contributed by atoms with Gasteiger partial charge < -0.3 is 5.32 Å². The quantitative estimate of drug-likeness (QED) is 0.717. The van der Waals surface area contributed by atoms with Gasteiger partial charge in [-0.2, -0.15) is 10.2 Å². The van der Waals surface area contributed by atoms with Crippen LogP contribution in [-0.2, 0) is 11.2 Å². The molecule has 1 amide bonds. The van der Waals surface area contributed by atoms with Crippen LogP contribution in [0, 0.1) is 13.8 Å². The molecule has 0 saturated heterocycles. The van der Waals surface area contributed by atoms with Gasteiger partial charge in [0.1, 0.15) is 5.82 Å². The lowest BCUT2D eigenvalue weighted by Gasteiger charge is -2.02. The lowest BCUT2D eigenvalue weighted by molar-refractivity contribution is -0.115. The maximum Gasteiger partial charge on any atom is 0.230 e. The van der Waals surface area contributed by atoms with Gasteiger partial charge in [-0.3, -0.25) is 15.0 Å². The van der Waals surface area contributed by atoms with Gasteiger partial charge in [-0.15, -0.1) is 0 Å². The first kappa shape index (κ1) is 10.4. The van der Waals surface area contributed by atoms with Crippen LogP contribution >= 0.6 is 0 Å². The van der Waals surface area contributed by atoms with E-state index in [0.29, 0.717) is 12.2 Å². The number of aromatic amines is 2. The van der Waals surface area contributed by atoms with E-state index in [4.69, 9.17) is 0 Å². The van der Waals surface area contributed by atoms with Crippen LogP contribution in [0.3, 0.4) is 0 Å². The van der Waals surface area contributed by atoms with Crippen molar-refractivity contribution in [1.82, 2.24) is 20.4 Å². The Labute approximate surface area is 92.5 Å². The topological polar surface area (TPSA) is 86.5 Å². The van der Waals surface area contributed by atoms with Gasteiger partial charge >= 0.3 is 0 Å². The number of nitrogens with zero attached hydrogens (tertiary/aromatic N) is 2. The monoisotopic (exact) mass is 219 g/mol. The van der Waals surface area contributed by atoms with Crippen molar-refractivity contribution in [2.24, 2.45) is 0 Å². The van der Waals surface area contributed by atoms with Crippen molar-refractivity contribution in [2.45, 2.75) is 20.3 Å². The Hall–Kier alpha value is -2.11. The summed E-state index contributed by atoms with van der Waals surface area (Å²) < 4.78 is 0. The third-order valence-corrected chi connectivity index (χ3v) is 2.39. The van der Waals surface area contributed by atoms with Gasteiger partial charge in [0.25, 0.3) is 0 Å². The zero-order valence-corrected chi connectivity index (χ0v) is 9.16. The molecule has 0 radical (unpaired) electrons. The first-order valence-corrected chi connectivity index (χ1v) is 4.96. The van der Waals surface area contributed by atoms with Crippen LogP contribution in [0.15, 0.2) is 12.3 Å². The second-order valence-electron chi connectivity index (χ2n) is 3.61. The van der Waals surface area contributed by atoms with Gasteiger partial charge in [-0.25, -0.2) is 0 Å². The van der Waals surface area contributed by atoms with Gasteiger partial charge in [-0.1, -0.05) is 0 Å². The average molecular weight is 219 g/mol. The highest BCUT2D eigenvalue weighted by atomic mass is 16.1. The van der Waals surface area contributed by atoms with Gasteiger partial charge in [0.05, 0.1) is 18.3 Å². The Morgan fingerprint density at radius 3 is 2.81 bits per heavy atom. The number of H-pyrrole nitrogens is 2. The van der Waals surface area contributed by atoms with Gasteiger partial charge in [0, 0.05) is 17.3 Å². The van der Waals surface area contributed by atoms with Crippen LogP contribution in [0.5, 0.6) is 0 Å². The third-order valence-electron chi connectivity index (χ3n) is 2.39. The van der Waals surface area contributed by atoms with E-state index in [9.17, 15) is 4.79 Å². The predicted molar refractivity (Wildman–Crippen MR) is 59.0 cm³/mol. The number of rotatable bonds is 3. The van der Waals surface area contributed by atoms with E-state index in [0.717, 1.165) is 17.0 Å². The van der Waals surface area contributed by atoms with E-state index in [1.807, 2.05) is 13.8 Å². The minimum atomic E-state index is -0.0862. The molecule has 6 heteroatoms. The molecule has 0 aliphatic heterocycles. The zero-order valence-electron chi connectivity index (χ0n) is 9.16. The molecule has 0 aliphatic rings. The van der Waals surface area contributed by atoms with Crippen molar-refractivity contribution in [2.75, 3.05) is 5.32 Å². The Morgan fingerprint density at radius 2 is 2.25 bits per heavy atom. The Kier molecular flexibility index (Phi) is 2.72. The first-order valence-electron chi connectivity index (χ1n) is 4.96. The minimum absolute atomic E-state index is 0.0862. The number of hydrogen-bond acceptors (Lipinski definition) is 3. The molecule has 0 saturated carbocycles. The highest BCUT2D eigenvalue weighted by Gasteiger charge is 2.11. The number of amides is 1. The van der Waals surface area contributed by atoms with E-state index in [1.54, 1.807) is 12.3 Å². The summed E-state index contributed by atoms with van der Waals surface area (Å²) in [5.41, 5.74) is 2.73. The number of carbonyl (C=O) groups is 1. The molecule has 0 bridgehead atoms. The molecule has 3 N–H and O–H groups in total. The molecule has 6 nitrogen and oxygen atoms in total. The summed E-state index contributed by atoms with van der Waals surface area (Å²) in [6.45, 7) is 3.78. The molecular formula is C10H13N5O. The van der Waals surface area contributed by atoms with Gasteiger partial charge in [0.2, 0.25) is 5.91 Å². The van der Waals surface area contributed by atoms with Crippen molar-refractivity contribution < 1.29 is 4.79 Å². The SMILES string of the molecule is Cc1n[nH]c(C)c1CC(=O)Nc1ccn[nH]1. The normalized spacial score (nSPS) is 10.4. The van der Waals surface area contributed by atoms with E-state index >= 15 is 0 Å². The number of nitrogens with one attached hydrogen (secondary N) is 3. The predicted octanol–water partition coefficient (Wildman–Crippen LogP) is 0.931.